The number of para-hydroxylation sites is 1. The summed E-state index contributed by atoms with van der Waals surface area (Å²) in [5.74, 6) is 0.324. The maximum absolute atomic E-state index is 12.6. The molecule has 27 heavy (non-hydrogen) atoms. The Bertz CT molecular complexity index is 907. The van der Waals surface area contributed by atoms with E-state index in [2.05, 4.69) is 17.0 Å². The molecule has 0 radical (unpaired) electrons. The van der Waals surface area contributed by atoms with E-state index < -0.39 is 10.0 Å². The highest BCUT2D eigenvalue weighted by molar-refractivity contribution is 7.92. The van der Waals surface area contributed by atoms with Crippen LogP contribution in [0.4, 0.5) is 5.69 Å². The highest BCUT2D eigenvalue weighted by Gasteiger charge is 2.23. The molecule has 1 saturated carbocycles. The molecule has 6 heteroatoms. The van der Waals surface area contributed by atoms with E-state index in [1.807, 2.05) is 19.1 Å². The van der Waals surface area contributed by atoms with E-state index in [1.54, 1.807) is 24.3 Å². The topological polar surface area (TPSA) is 75.3 Å². The van der Waals surface area contributed by atoms with Gasteiger partial charge in [0.15, 0.2) is 0 Å². The lowest BCUT2D eigenvalue weighted by Crippen LogP contribution is -2.41. The van der Waals surface area contributed by atoms with Crippen LogP contribution in [-0.4, -0.2) is 20.4 Å². The third-order valence-corrected chi connectivity index (χ3v) is 6.63. The first-order valence-corrected chi connectivity index (χ1v) is 10.8. The lowest BCUT2D eigenvalue weighted by Gasteiger charge is -2.29. The van der Waals surface area contributed by atoms with Gasteiger partial charge in [0.1, 0.15) is 0 Å². The second kappa shape index (κ2) is 8.13. The van der Waals surface area contributed by atoms with Crippen LogP contribution in [0.25, 0.3) is 0 Å². The number of carbonyl (C=O) groups is 1. The van der Waals surface area contributed by atoms with Crippen molar-refractivity contribution in [2.75, 3.05) is 4.72 Å². The predicted molar refractivity (Wildman–Crippen MR) is 107 cm³/mol. The van der Waals surface area contributed by atoms with Gasteiger partial charge in [-0.05, 0) is 61.6 Å². The smallest absolute Gasteiger partial charge is 0.261 e. The van der Waals surface area contributed by atoms with Crippen molar-refractivity contribution in [1.29, 1.82) is 0 Å². The fourth-order valence-corrected chi connectivity index (χ4v) is 4.59. The molecule has 0 unspecified atom stereocenters. The minimum Gasteiger partial charge on any atom is -0.349 e. The highest BCUT2D eigenvalue weighted by atomic mass is 32.2. The van der Waals surface area contributed by atoms with Gasteiger partial charge >= 0.3 is 0 Å². The van der Waals surface area contributed by atoms with Gasteiger partial charge in [-0.3, -0.25) is 9.52 Å². The number of aryl methyl sites for hydroxylation is 1. The van der Waals surface area contributed by atoms with Crippen LogP contribution in [-0.2, 0) is 10.0 Å². The van der Waals surface area contributed by atoms with Crippen LogP contribution in [0.1, 0.15) is 48.5 Å². The van der Waals surface area contributed by atoms with Crippen molar-refractivity contribution in [2.45, 2.75) is 50.5 Å². The Hall–Kier alpha value is -2.34. The summed E-state index contributed by atoms with van der Waals surface area (Å²) in [6.07, 6.45) is 4.48. The molecule has 0 aromatic heterocycles. The molecule has 2 aromatic carbocycles. The molecule has 1 amide bonds. The molecule has 144 valence electrons. The number of nitrogens with one attached hydrogen (secondary N) is 2. The molecular formula is C21H26N2O3S. The van der Waals surface area contributed by atoms with Crippen LogP contribution in [0.2, 0.25) is 0 Å². The van der Waals surface area contributed by atoms with Crippen molar-refractivity contribution in [3.63, 3.8) is 0 Å². The number of hydrogen-bond donors (Lipinski definition) is 2. The van der Waals surface area contributed by atoms with E-state index in [0.717, 1.165) is 24.8 Å². The summed E-state index contributed by atoms with van der Waals surface area (Å²) in [6.45, 7) is 4.01. The molecule has 1 aliphatic carbocycles. The van der Waals surface area contributed by atoms with Gasteiger partial charge in [0.2, 0.25) is 0 Å². The molecule has 0 aliphatic heterocycles. The average molecular weight is 387 g/mol. The van der Waals surface area contributed by atoms with Crippen LogP contribution in [0.3, 0.4) is 0 Å². The van der Waals surface area contributed by atoms with Crippen LogP contribution >= 0.6 is 0 Å². The molecule has 0 spiro atoms. The summed E-state index contributed by atoms with van der Waals surface area (Å²) in [4.78, 5) is 12.6. The van der Waals surface area contributed by atoms with Crippen LogP contribution in [0.5, 0.6) is 0 Å². The van der Waals surface area contributed by atoms with E-state index in [1.165, 1.54) is 18.6 Å². The monoisotopic (exact) mass is 386 g/mol. The number of anilines is 1. The zero-order valence-electron chi connectivity index (χ0n) is 15.7. The van der Waals surface area contributed by atoms with Crippen LogP contribution in [0, 0.1) is 12.8 Å². The summed E-state index contributed by atoms with van der Waals surface area (Å²) in [6, 6.07) is 13.5. The normalized spacial score (nSPS) is 20.1. The summed E-state index contributed by atoms with van der Waals surface area (Å²) >= 11 is 0. The molecule has 5 nitrogen and oxygen atoms in total. The number of rotatable bonds is 5. The summed E-state index contributed by atoms with van der Waals surface area (Å²) in [5, 5.41) is 3.09. The lowest BCUT2D eigenvalue weighted by molar-refractivity contribution is 0.0910. The van der Waals surface area contributed by atoms with E-state index >= 15 is 0 Å². The van der Waals surface area contributed by atoms with E-state index in [-0.39, 0.29) is 16.8 Å². The minimum atomic E-state index is -3.70. The quantitative estimate of drug-likeness (QED) is 0.812. The molecule has 0 bridgehead atoms. The number of sulfonamides is 1. The Morgan fingerprint density at radius 2 is 1.67 bits per heavy atom. The molecule has 2 atom stereocenters. The summed E-state index contributed by atoms with van der Waals surface area (Å²) in [5.41, 5.74) is 1.87. The Morgan fingerprint density at radius 3 is 2.33 bits per heavy atom. The number of amides is 1. The van der Waals surface area contributed by atoms with Crippen molar-refractivity contribution >= 4 is 21.6 Å². The van der Waals surface area contributed by atoms with Crippen LogP contribution < -0.4 is 10.0 Å². The molecule has 3 rings (SSSR count). The number of carbonyl (C=O) groups excluding carboxylic acids is 1. The Kier molecular flexibility index (Phi) is 5.85. The molecular weight excluding hydrogens is 360 g/mol. The third kappa shape index (κ3) is 4.69. The van der Waals surface area contributed by atoms with Gasteiger partial charge in [-0.15, -0.1) is 0 Å². The Labute approximate surface area is 161 Å². The van der Waals surface area contributed by atoms with Gasteiger partial charge in [0.25, 0.3) is 15.9 Å². The van der Waals surface area contributed by atoms with Crippen molar-refractivity contribution in [2.24, 2.45) is 5.92 Å². The standard InChI is InChI=1S/C21H26N2O3S/c1-15-7-3-5-9-19(15)22-21(24)17-11-13-18(14-12-17)27(25,26)23-20-10-6-4-8-16(20)2/h4,6,8,10-15,19,23H,3,5,7,9H2,1-2H3,(H,22,24)/t15-,19+/m0/s1. The number of benzene rings is 2. The predicted octanol–water partition coefficient (Wildman–Crippen LogP) is 4.10. The fourth-order valence-electron chi connectivity index (χ4n) is 3.46. The molecule has 2 aromatic rings. The first kappa shape index (κ1) is 19.4. The fraction of sp³-hybridized carbons (Fsp3) is 0.381. The van der Waals surface area contributed by atoms with Gasteiger partial charge in [-0.2, -0.15) is 0 Å². The highest BCUT2D eigenvalue weighted by Crippen LogP contribution is 2.24. The SMILES string of the molecule is Cc1ccccc1NS(=O)(=O)c1ccc(C(=O)N[C@@H]2CCCC[C@@H]2C)cc1. The summed E-state index contributed by atoms with van der Waals surface area (Å²) in [7, 11) is -3.70. The molecule has 2 N–H and O–H groups in total. The van der Waals surface area contributed by atoms with Gasteiger partial charge in [-0.1, -0.05) is 38.0 Å². The van der Waals surface area contributed by atoms with Crippen LogP contribution in [0.15, 0.2) is 53.4 Å². The largest absolute Gasteiger partial charge is 0.349 e. The molecule has 0 saturated heterocycles. The van der Waals surface area contributed by atoms with Gasteiger partial charge < -0.3 is 5.32 Å². The zero-order chi connectivity index (χ0) is 19.4. The minimum absolute atomic E-state index is 0.133. The second-order valence-electron chi connectivity index (χ2n) is 7.29. The van der Waals surface area contributed by atoms with Gasteiger partial charge in [0.05, 0.1) is 10.6 Å². The maximum atomic E-state index is 12.6. The summed E-state index contributed by atoms with van der Waals surface area (Å²) < 4.78 is 27.8. The van der Waals surface area contributed by atoms with Gasteiger partial charge in [0, 0.05) is 11.6 Å². The molecule has 1 fully saturated rings. The first-order chi connectivity index (χ1) is 12.9. The van der Waals surface area contributed by atoms with Crippen molar-refractivity contribution < 1.29 is 13.2 Å². The molecule has 1 aliphatic rings. The average Bonchev–Trinajstić information content (AvgIpc) is 2.65. The number of hydrogen-bond acceptors (Lipinski definition) is 3. The maximum Gasteiger partial charge on any atom is 0.261 e. The van der Waals surface area contributed by atoms with Crippen molar-refractivity contribution in [1.82, 2.24) is 5.32 Å². The van der Waals surface area contributed by atoms with Gasteiger partial charge in [-0.25, -0.2) is 8.42 Å². The lowest BCUT2D eigenvalue weighted by atomic mass is 9.86. The van der Waals surface area contributed by atoms with E-state index in [4.69, 9.17) is 0 Å². The molecule has 0 heterocycles. The van der Waals surface area contributed by atoms with E-state index in [0.29, 0.717) is 17.2 Å². The van der Waals surface area contributed by atoms with Crippen molar-refractivity contribution in [3.8, 4) is 0 Å². The van der Waals surface area contributed by atoms with Crippen molar-refractivity contribution in [3.05, 3.63) is 59.7 Å². The first-order valence-electron chi connectivity index (χ1n) is 9.36. The second-order valence-corrected chi connectivity index (χ2v) is 8.97. The Balaban J connectivity index is 1.70. The zero-order valence-corrected chi connectivity index (χ0v) is 16.6. The third-order valence-electron chi connectivity index (χ3n) is 5.24. The van der Waals surface area contributed by atoms with E-state index in [9.17, 15) is 13.2 Å². The Morgan fingerprint density at radius 1 is 1.00 bits per heavy atom.